The summed E-state index contributed by atoms with van der Waals surface area (Å²) in [4.78, 5) is 24.4. The zero-order valence-corrected chi connectivity index (χ0v) is 18.4. The van der Waals surface area contributed by atoms with Crippen molar-refractivity contribution in [2.75, 3.05) is 11.9 Å². The second kappa shape index (κ2) is 8.21. The van der Waals surface area contributed by atoms with Crippen molar-refractivity contribution < 1.29 is 27.1 Å². The Morgan fingerprint density at radius 2 is 2.03 bits per heavy atom. The number of anilines is 1. The normalized spacial score (nSPS) is 28.6. The van der Waals surface area contributed by atoms with Crippen molar-refractivity contribution in [2.24, 2.45) is 22.1 Å². The van der Waals surface area contributed by atoms with Crippen LogP contribution in [0.2, 0.25) is 5.02 Å². The molecule has 3 N–H and O–H groups in total. The maximum Gasteiger partial charge on any atom is 0.415 e. The minimum Gasteiger partial charge on any atom is -0.386 e. The number of aromatic nitrogens is 2. The second-order valence-electron chi connectivity index (χ2n) is 8.36. The van der Waals surface area contributed by atoms with Gasteiger partial charge in [0.25, 0.3) is 5.91 Å². The molecule has 0 unspecified atom stereocenters. The molecule has 2 aliphatic heterocycles. The summed E-state index contributed by atoms with van der Waals surface area (Å²) in [6.07, 6.45) is 0.799. The maximum atomic E-state index is 15.1. The van der Waals surface area contributed by atoms with Crippen LogP contribution < -0.4 is 11.1 Å². The van der Waals surface area contributed by atoms with Crippen molar-refractivity contribution in [3.05, 3.63) is 52.8 Å². The van der Waals surface area contributed by atoms with E-state index < -0.39 is 47.5 Å². The van der Waals surface area contributed by atoms with E-state index in [1.54, 1.807) is 0 Å². The summed E-state index contributed by atoms with van der Waals surface area (Å²) in [7, 11) is 0. The minimum absolute atomic E-state index is 0.0857. The van der Waals surface area contributed by atoms with E-state index in [1.165, 1.54) is 31.5 Å². The molecule has 7 nitrogen and oxygen atoms in total. The zero-order valence-electron chi connectivity index (χ0n) is 17.7. The molecule has 4 rings (SSSR count). The monoisotopic (exact) mass is 495 g/mol. The number of amidine groups is 1. The average Bonchev–Trinajstić information content (AvgIpc) is 3.14. The third-order valence-electron chi connectivity index (χ3n) is 6.13. The average molecular weight is 496 g/mol. The number of hydrogen-bond donors (Lipinski definition) is 2. The molecule has 3 heterocycles. The number of terminal acetylenes is 1. The molecule has 0 saturated carbocycles. The number of amides is 1. The predicted molar refractivity (Wildman–Crippen MR) is 116 cm³/mol. The highest BCUT2D eigenvalue weighted by molar-refractivity contribution is 6.30. The Hall–Kier alpha value is -3.23. The van der Waals surface area contributed by atoms with Crippen LogP contribution in [0.4, 0.5) is 23.2 Å². The van der Waals surface area contributed by atoms with Gasteiger partial charge in [-0.25, -0.2) is 14.4 Å². The molecule has 1 amide bonds. The van der Waals surface area contributed by atoms with E-state index in [2.05, 4.69) is 26.2 Å². The molecule has 0 radical (unpaired) electrons. The Balaban J connectivity index is 1.78. The van der Waals surface area contributed by atoms with Crippen LogP contribution in [-0.2, 0) is 10.3 Å². The largest absolute Gasteiger partial charge is 0.415 e. The van der Waals surface area contributed by atoms with Crippen molar-refractivity contribution in [3.63, 3.8) is 0 Å². The smallest absolute Gasteiger partial charge is 0.386 e. The van der Waals surface area contributed by atoms with Crippen molar-refractivity contribution in [2.45, 2.75) is 31.2 Å². The highest BCUT2D eigenvalue weighted by atomic mass is 35.5. The van der Waals surface area contributed by atoms with Crippen LogP contribution in [-0.4, -0.2) is 40.6 Å². The van der Waals surface area contributed by atoms with Gasteiger partial charge in [0.15, 0.2) is 6.10 Å². The number of nitrogens with one attached hydrogen (secondary N) is 1. The van der Waals surface area contributed by atoms with E-state index in [-0.39, 0.29) is 34.4 Å². The SMILES string of the molecule is C#C[C@]1(C)C[C@@H]2[C@@H](C(F)(F)F)OC[C@]2(c2cc(NC(=O)c3ncc(Cl)cn3)ccc2F)N=C1N. The van der Waals surface area contributed by atoms with Gasteiger partial charge in [-0.05, 0) is 31.5 Å². The van der Waals surface area contributed by atoms with Gasteiger partial charge in [-0.15, -0.1) is 6.42 Å². The van der Waals surface area contributed by atoms with E-state index in [0.717, 1.165) is 6.07 Å². The molecule has 178 valence electrons. The number of ether oxygens (including phenoxy) is 1. The molecule has 1 aromatic carbocycles. The quantitative estimate of drug-likeness (QED) is 0.499. The zero-order chi connectivity index (χ0) is 24.9. The number of fused-ring (bicyclic) bond motifs is 1. The van der Waals surface area contributed by atoms with Crippen LogP contribution in [0.25, 0.3) is 0 Å². The Morgan fingerprint density at radius 3 is 2.65 bits per heavy atom. The van der Waals surface area contributed by atoms with Gasteiger partial charge >= 0.3 is 6.18 Å². The topological polar surface area (TPSA) is 102 Å². The van der Waals surface area contributed by atoms with Crippen LogP contribution in [0, 0.1) is 29.5 Å². The summed E-state index contributed by atoms with van der Waals surface area (Å²) in [5, 5.41) is 2.71. The van der Waals surface area contributed by atoms with Gasteiger partial charge in [0, 0.05) is 29.6 Å². The Bertz CT molecular complexity index is 1210. The highest BCUT2D eigenvalue weighted by Crippen LogP contribution is 2.55. The van der Waals surface area contributed by atoms with E-state index in [9.17, 15) is 18.0 Å². The number of halogens is 5. The summed E-state index contributed by atoms with van der Waals surface area (Å²) in [6.45, 7) is 0.929. The number of hydrogen-bond acceptors (Lipinski definition) is 6. The van der Waals surface area contributed by atoms with Crippen molar-refractivity contribution in [1.29, 1.82) is 0 Å². The van der Waals surface area contributed by atoms with E-state index >= 15 is 4.39 Å². The Morgan fingerprint density at radius 1 is 1.35 bits per heavy atom. The molecule has 2 aromatic rings. The lowest BCUT2D eigenvalue weighted by Crippen LogP contribution is -2.51. The van der Waals surface area contributed by atoms with Crippen LogP contribution in [0.3, 0.4) is 0 Å². The summed E-state index contributed by atoms with van der Waals surface area (Å²) in [6, 6.07) is 3.46. The first-order valence-electron chi connectivity index (χ1n) is 10.0. The van der Waals surface area contributed by atoms with E-state index in [1.807, 2.05) is 0 Å². The Labute approximate surface area is 196 Å². The van der Waals surface area contributed by atoms with Crippen LogP contribution in [0.5, 0.6) is 0 Å². The lowest BCUT2D eigenvalue weighted by atomic mass is 9.66. The summed E-state index contributed by atoms with van der Waals surface area (Å²) < 4.78 is 61.6. The summed E-state index contributed by atoms with van der Waals surface area (Å²) in [5.74, 6) is -0.815. The molecule has 4 atom stereocenters. The molecule has 0 aliphatic carbocycles. The Kier molecular flexibility index (Phi) is 5.78. The highest BCUT2D eigenvalue weighted by Gasteiger charge is 2.64. The van der Waals surface area contributed by atoms with Crippen LogP contribution in [0.15, 0.2) is 35.6 Å². The number of rotatable bonds is 3. The first kappa shape index (κ1) is 23.9. The van der Waals surface area contributed by atoms with Crippen molar-refractivity contribution in [1.82, 2.24) is 9.97 Å². The fraction of sp³-hybridized carbons (Fsp3) is 0.364. The maximum absolute atomic E-state index is 15.1. The molecule has 0 bridgehead atoms. The van der Waals surface area contributed by atoms with Gasteiger partial charge < -0.3 is 15.8 Å². The number of benzene rings is 1. The predicted octanol–water partition coefficient (Wildman–Crippen LogP) is 3.69. The molecule has 1 aromatic heterocycles. The lowest BCUT2D eigenvalue weighted by Gasteiger charge is -2.42. The van der Waals surface area contributed by atoms with Gasteiger partial charge in [0.1, 0.15) is 17.2 Å². The number of carbonyl (C=O) groups excluding carboxylic acids is 1. The number of nitrogens with two attached hydrogens (primary N) is 1. The first-order valence-corrected chi connectivity index (χ1v) is 10.4. The second-order valence-corrected chi connectivity index (χ2v) is 8.79. The third-order valence-corrected chi connectivity index (χ3v) is 6.33. The summed E-state index contributed by atoms with van der Waals surface area (Å²) in [5.41, 5.74) is 2.89. The van der Waals surface area contributed by atoms with Crippen LogP contribution >= 0.6 is 11.6 Å². The molecule has 2 aliphatic rings. The van der Waals surface area contributed by atoms with Crippen molar-refractivity contribution in [3.8, 4) is 12.3 Å². The molecular weight excluding hydrogens is 478 g/mol. The lowest BCUT2D eigenvalue weighted by molar-refractivity contribution is -0.218. The first-order chi connectivity index (χ1) is 15.9. The van der Waals surface area contributed by atoms with Gasteiger partial charge in [-0.3, -0.25) is 9.79 Å². The van der Waals surface area contributed by atoms with E-state index in [4.69, 9.17) is 28.5 Å². The fourth-order valence-electron chi connectivity index (χ4n) is 4.31. The minimum atomic E-state index is -4.74. The number of alkyl halides is 3. The van der Waals surface area contributed by atoms with E-state index in [0.29, 0.717) is 0 Å². The number of carbonyl (C=O) groups is 1. The van der Waals surface area contributed by atoms with Gasteiger partial charge in [-0.1, -0.05) is 17.5 Å². The number of nitrogens with zero attached hydrogens (tertiary/aromatic N) is 3. The molecule has 12 heteroatoms. The molecular formula is C22H18ClF4N5O2. The molecule has 1 saturated heterocycles. The van der Waals surface area contributed by atoms with Gasteiger partial charge in [0.05, 0.1) is 17.0 Å². The fourth-order valence-corrected chi connectivity index (χ4v) is 4.41. The number of aliphatic imine (C=N–C) groups is 1. The third kappa shape index (κ3) is 3.97. The summed E-state index contributed by atoms with van der Waals surface area (Å²) >= 11 is 5.71. The van der Waals surface area contributed by atoms with Gasteiger partial charge in [0.2, 0.25) is 5.82 Å². The van der Waals surface area contributed by atoms with Gasteiger partial charge in [-0.2, -0.15) is 13.2 Å². The van der Waals surface area contributed by atoms with Crippen molar-refractivity contribution >= 4 is 29.0 Å². The molecule has 1 fully saturated rings. The van der Waals surface area contributed by atoms with Crippen LogP contribution in [0.1, 0.15) is 29.5 Å². The molecule has 0 spiro atoms. The molecule has 34 heavy (non-hydrogen) atoms. The standard InChI is InChI=1S/C22H18ClF4N5O2/c1-3-20(2)7-14-16(22(25,26)27)34-10-21(14,32-19(20)28)13-6-12(4-5-15(13)24)31-18(33)17-29-8-11(23)9-30-17/h1,4-6,8-9,14,16H,7,10H2,2H3,(H2,28,32)(H,31,33)/t14-,16+,20-,21-/m1/s1.